The molecule has 4 rings (SSSR count). The molecule has 1 heterocycles. The van der Waals surface area contributed by atoms with Crippen molar-refractivity contribution in [3.05, 3.63) is 74.1 Å². The molecule has 0 unspecified atom stereocenters. The van der Waals surface area contributed by atoms with Crippen LogP contribution in [0.3, 0.4) is 0 Å². The van der Waals surface area contributed by atoms with E-state index in [1.54, 1.807) is 23.6 Å². The van der Waals surface area contributed by atoms with Crippen molar-refractivity contribution in [2.75, 3.05) is 29.9 Å². The zero-order chi connectivity index (χ0) is 30.4. The number of amides is 1. The summed E-state index contributed by atoms with van der Waals surface area (Å²) in [6.07, 6.45) is 4.60. The fourth-order valence-electron chi connectivity index (χ4n) is 5.22. The molecule has 0 saturated carbocycles. The maximum Gasteiger partial charge on any atom is 0.271 e. The molecule has 1 aromatic heterocycles. The van der Waals surface area contributed by atoms with Crippen LogP contribution in [-0.4, -0.2) is 36.7 Å². The van der Waals surface area contributed by atoms with Crippen LogP contribution in [0.1, 0.15) is 62.6 Å². The van der Waals surface area contributed by atoms with Gasteiger partial charge in [0, 0.05) is 59.3 Å². The molecular formula is C32H37N5O4S. The normalized spacial score (nSPS) is 14.7. The molecule has 1 amide bonds. The average molecular weight is 588 g/mol. The number of ether oxygens (including phenoxy) is 1. The fourth-order valence-corrected chi connectivity index (χ4v) is 6.44. The number of benzene rings is 2. The molecule has 1 atom stereocenters. The molecule has 0 radical (unpaired) electrons. The molecule has 3 aromatic rings. The summed E-state index contributed by atoms with van der Waals surface area (Å²) in [5, 5.41) is 24.4. The minimum atomic E-state index is -0.513. The first-order valence-electron chi connectivity index (χ1n) is 14.2. The zero-order valence-corrected chi connectivity index (χ0v) is 25.6. The number of non-ortho nitro benzene ring substituents is 1. The van der Waals surface area contributed by atoms with Crippen molar-refractivity contribution in [2.45, 2.75) is 53.9 Å². The van der Waals surface area contributed by atoms with Gasteiger partial charge >= 0.3 is 0 Å². The van der Waals surface area contributed by atoms with Crippen LogP contribution in [0.2, 0.25) is 0 Å². The highest BCUT2D eigenvalue weighted by atomic mass is 32.1. The third-order valence-electron chi connectivity index (χ3n) is 7.73. The molecule has 42 heavy (non-hydrogen) atoms. The van der Waals surface area contributed by atoms with Crippen molar-refractivity contribution in [3.63, 3.8) is 0 Å². The molecule has 1 aliphatic rings. The third kappa shape index (κ3) is 7.15. The van der Waals surface area contributed by atoms with Gasteiger partial charge in [-0.05, 0) is 68.2 Å². The van der Waals surface area contributed by atoms with E-state index in [0.717, 1.165) is 43.6 Å². The van der Waals surface area contributed by atoms with Gasteiger partial charge in [0.1, 0.15) is 16.8 Å². The van der Waals surface area contributed by atoms with E-state index in [0.29, 0.717) is 33.5 Å². The molecule has 220 valence electrons. The lowest BCUT2D eigenvalue weighted by Crippen LogP contribution is -2.26. The van der Waals surface area contributed by atoms with Crippen LogP contribution in [0.4, 0.5) is 22.1 Å². The van der Waals surface area contributed by atoms with Crippen molar-refractivity contribution >= 4 is 45.5 Å². The maximum atomic E-state index is 12.7. The van der Waals surface area contributed by atoms with Gasteiger partial charge < -0.3 is 15.0 Å². The molecule has 0 spiro atoms. The molecular weight excluding hydrogens is 550 g/mol. The van der Waals surface area contributed by atoms with Gasteiger partial charge in [-0.1, -0.05) is 26.8 Å². The molecule has 0 bridgehead atoms. The highest BCUT2D eigenvalue weighted by Gasteiger charge is 2.32. The summed E-state index contributed by atoms with van der Waals surface area (Å²) in [5.41, 5.74) is 3.81. The van der Waals surface area contributed by atoms with E-state index in [2.05, 4.69) is 50.9 Å². The molecule has 1 N–H and O–H groups in total. The van der Waals surface area contributed by atoms with Crippen LogP contribution in [0.5, 0.6) is 5.75 Å². The standard InChI is InChI=1S/C32H37N5O4S/c1-6-36(7-2)24-13-11-21(28(17-24)41-20-30(38)35-23-9-8-10-25(16-23)37(39)40)19-34-31-27(18-33)26-14-12-22(32(3,4)5)15-29(26)42-31/h8-11,13,16-17,19,22H,6-7,12,14-15,20H2,1-5H3,(H,35,38)/t22-/m1/s1. The van der Waals surface area contributed by atoms with Crippen LogP contribution in [0.15, 0.2) is 47.5 Å². The summed E-state index contributed by atoms with van der Waals surface area (Å²) in [7, 11) is 0. The van der Waals surface area contributed by atoms with E-state index < -0.39 is 10.8 Å². The number of nitrogens with zero attached hydrogens (tertiary/aromatic N) is 4. The summed E-state index contributed by atoms with van der Waals surface area (Å²) in [6, 6.07) is 13.9. The zero-order valence-electron chi connectivity index (χ0n) is 24.8. The monoisotopic (exact) mass is 587 g/mol. The number of hydrogen-bond acceptors (Lipinski definition) is 8. The Morgan fingerprint density at radius 3 is 2.69 bits per heavy atom. The van der Waals surface area contributed by atoms with Crippen LogP contribution in [-0.2, 0) is 17.6 Å². The Labute approximate surface area is 251 Å². The Morgan fingerprint density at radius 2 is 2.02 bits per heavy atom. The van der Waals surface area contributed by atoms with E-state index in [1.165, 1.54) is 23.1 Å². The van der Waals surface area contributed by atoms with Crippen LogP contribution < -0.4 is 15.0 Å². The van der Waals surface area contributed by atoms with Gasteiger partial charge in [-0.2, -0.15) is 5.26 Å². The second kappa shape index (κ2) is 13.2. The van der Waals surface area contributed by atoms with E-state index in [4.69, 9.17) is 9.73 Å². The summed E-state index contributed by atoms with van der Waals surface area (Å²) < 4.78 is 5.98. The first-order valence-corrected chi connectivity index (χ1v) is 15.0. The topological polar surface area (TPSA) is 121 Å². The van der Waals surface area contributed by atoms with Crippen LogP contribution >= 0.6 is 11.3 Å². The van der Waals surface area contributed by atoms with Crippen molar-refractivity contribution < 1.29 is 14.5 Å². The number of carbonyl (C=O) groups excluding carboxylic acids is 1. The van der Waals surface area contributed by atoms with E-state index in [9.17, 15) is 20.2 Å². The molecule has 0 saturated heterocycles. The highest BCUT2D eigenvalue weighted by molar-refractivity contribution is 7.16. The Balaban J connectivity index is 1.58. The number of nitriles is 1. The molecule has 0 fully saturated rings. The van der Waals surface area contributed by atoms with Gasteiger partial charge in [0.05, 0.1) is 10.5 Å². The number of thiophene rings is 1. The lowest BCUT2D eigenvalue weighted by atomic mass is 9.72. The van der Waals surface area contributed by atoms with E-state index in [-0.39, 0.29) is 17.7 Å². The largest absolute Gasteiger partial charge is 0.483 e. The van der Waals surface area contributed by atoms with E-state index in [1.807, 2.05) is 18.2 Å². The van der Waals surface area contributed by atoms with Crippen molar-refractivity contribution in [2.24, 2.45) is 16.3 Å². The fraction of sp³-hybridized carbons (Fsp3) is 0.406. The predicted molar refractivity (Wildman–Crippen MR) is 168 cm³/mol. The van der Waals surface area contributed by atoms with Gasteiger partial charge in [0.15, 0.2) is 6.61 Å². The SMILES string of the molecule is CCN(CC)c1ccc(C=Nc2sc3c(c2C#N)CC[C@@H](C(C)(C)C)C3)c(OCC(=O)Nc2cccc([N+](=O)[O-])c2)c1. The summed E-state index contributed by atoms with van der Waals surface area (Å²) in [5.74, 6) is 0.593. The van der Waals surface area contributed by atoms with Crippen molar-refractivity contribution in [1.82, 2.24) is 0 Å². The third-order valence-corrected chi connectivity index (χ3v) is 8.89. The van der Waals surface area contributed by atoms with Crippen LogP contribution in [0, 0.1) is 32.8 Å². The Morgan fingerprint density at radius 1 is 1.26 bits per heavy atom. The van der Waals surface area contributed by atoms with Crippen molar-refractivity contribution in [1.29, 1.82) is 5.26 Å². The number of carbonyl (C=O) groups is 1. The number of nitro benzene ring substituents is 1. The number of rotatable bonds is 10. The maximum absolute atomic E-state index is 12.7. The lowest BCUT2D eigenvalue weighted by Gasteiger charge is -2.33. The number of fused-ring (bicyclic) bond motifs is 1. The van der Waals surface area contributed by atoms with Gasteiger partial charge in [0.2, 0.25) is 0 Å². The molecule has 2 aromatic carbocycles. The highest BCUT2D eigenvalue weighted by Crippen LogP contribution is 2.45. The molecule has 0 aliphatic heterocycles. The number of aliphatic imine (C=N–C) groups is 1. The smallest absolute Gasteiger partial charge is 0.271 e. The summed E-state index contributed by atoms with van der Waals surface area (Å²) in [6.45, 7) is 12.3. The second-order valence-corrected chi connectivity index (χ2v) is 12.5. The Hall–Kier alpha value is -4.23. The number of anilines is 2. The Bertz CT molecular complexity index is 1530. The van der Waals surface area contributed by atoms with Gasteiger partial charge in [-0.15, -0.1) is 11.3 Å². The lowest BCUT2D eigenvalue weighted by molar-refractivity contribution is -0.384. The minimum Gasteiger partial charge on any atom is -0.483 e. The summed E-state index contributed by atoms with van der Waals surface area (Å²) in [4.78, 5) is 31.4. The van der Waals surface area contributed by atoms with E-state index >= 15 is 0 Å². The number of nitrogens with one attached hydrogen (secondary N) is 1. The Kier molecular flexibility index (Phi) is 9.63. The second-order valence-electron chi connectivity index (χ2n) is 11.4. The predicted octanol–water partition coefficient (Wildman–Crippen LogP) is 7.29. The first-order chi connectivity index (χ1) is 20.0. The average Bonchev–Trinajstić information content (AvgIpc) is 3.32. The number of nitro groups is 1. The molecule has 10 heteroatoms. The van der Waals surface area contributed by atoms with Gasteiger partial charge in [-0.3, -0.25) is 14.9 Å². The quantitative estimate of drug-likeness (QED) is 0.151. The summed E-state index contributed by atoms with van der Waals surface area (Å²) >= 11 is 1.59. The first kappa shape index (κ1) is 30.7. The molecule has 1 aliphatic carbocycles. The minimum absolute atomic E-state index is 0.111. The van der Waals surface area contributed by atoms with Crippen LogP contribution in [0.25, 0.3) is 0 Å². The van der Waals surface area contributed by atoms with Gasteiger partial charge in [0.25, 0.3) is 11.6 Å². The van der Waals surface area contributed by atoms with Gasteiger partial charge in [-0.25, -0.2) is 4.99 Å². The number of hydrogen-bond donors (Lipinski definition) is 1. The van der Waals surface area contributed by atoms with Crippen molar-refractivity contribution in [3.8, 4) is 11.8 Å². The molecule has 9 nitrogen and oxygen atoms in total.